The monoisotopic (exact) mass is 262 g/mol. The van der Waals surface area contributed by atoms with E-state index in [1.807, 2.05) is 6.07 Å². The number of piperidine rings is 1. The van der Waals surface area contributed by atoms with E-state index in [0.717, 1.165) is 37.1 Å². The van der Waals surface area contributed by atoms with Gasteiger partial charge < -0.3 is 20.1 Å². The van der Waals surface area contributed by atoms with Crippen LogP contribution in [0.25, 0.3) is 0 Å². The number of hydrogen-bond acceptors (Lipinski definition) is 4. The van der Waals surface area contributed by atoms with Crippen molar-refractivity contribution in [3.63, 3.8) is 0 Å². The minimum atomic E-state index is 0.343. The van der Waals surface area contributed by atoms with Crippen molar-refractivity contribution >= 4 is 0 Å². The van der Waals surface area contributed by atoms with E-state index in [1.165, 1.54) is 18.4 Å². The molecule has 0 spiro atoms. The fourth-order valence-corrected chi connectivity index (χ4v) is 2.73. The molecule has 1 aromatic carbocycles. The summed E-state index contributed by atoms with van der Waals surface area (Å²) in [5.74, 6) is 2.53. The number of benzene rings is 1. The van der Waals surface area contributed by atoms with Gasteiger partial charge in [0.15, 0.2) is 11.5 Å². The van der Waals surface area contributed by atoms with E-state index in [9.17, 15) is 0 Å². The van der Waals surface area contributed by atoms with Gasteiger partial charge in [0.1, 0.15) is 0 Å². The van der Waals surface area contributed by atoms with Crippen molar-refractivity contribution in [2.24, 2.45) is 5.92 Å². The summed E-state index contributed by atoms with van der Waals surface area (Å²) in [6.45, 7) is 5.96. The van der Waals surface area contributed by atoms with Crippen LogP contribution in [0.4, 0.5) is 0 Å². The summed E-state index contributed by atoms with van der Waals surface area (Å²) < 4.78 is 10.8. The fourth-order valence-electron chi connectivity index (χ4n) is 2.73. The maximum absolute atomic E-state index is 5.43. The van der Waals surface area contributed by atoms with E-state index in [1.54, 1.807) is 0 Å². The molecule has 2 N–H and O–H groups in total. The Kier molecular flexibility index (Phi) is 3.89. The minimum Gasteiger partial charge on any atom is -0.454 e. The van der Waals surface area contributed by atoms with Gasteiger partial charge >= 0.3 is 0 Å². The second kappa shape index (κ2) is 5.80. The maximum Gasteiger partial charge on any atom is 0.231 e. The lowest BCUT2D eigenvalue weighted by Crippen LogP contribution is -2.34. The highest BCUT2D eigenvalue weighted by molar-refractivity contribution is 5.45. The Morgan fingerprint density at radius 3 is 2.89 bits per heavy atom. The first-order chi connectivity index (χ1) is 9.33. The summed E-state index contributed by atoms with van der Waals surface area (Å²) >= 11 is 0. The van der Waals surface area contributed by atoms with Gasteiger partial charge in [0.2, 0.25) is 6.79 Å². The van der Waals surface area contributed by atoms with E-state index in [4.69, 9.17) is 9.47 Å². The average molecular weight is 262 g/mol. The molecule has 2 aliphatic rings. The van der Waals surface area contributed by atoms with Gasteiger partial charge in [0, 0.05) is 6.04 Å². The molecule has 1 atom stereocenters. The third-order valence-corrected chi connectivity index (χ3v) is 4.07. The molecular weight excluding hydrogens is 240 g/mol. The second-order valence-electron chi connectivity index (χ2n) is 5.44. The largest absolute Gasteiger partial charge is 0.454 e. The van der Waals surface area contributed by atoms with E-state index >= 15 is 0 Å². The molecule has 0 saturated carbocycles. The fraction of sp³-hybridized carbons (Fsp3) is 0.600. The molecule has 1 unspecified atom stereocenters. The average Bonchev–Trinajstić information content (AvgIpc) is 2.93. The van der Waals surface area contributed by atoms with E-state index in [0.29, 0.717) is 12.8 Å². The van der Waals surface area contributed by atoms with Crippen LogP contribution < -0.4 is 20.1 Å². The maximum atomic E-state index is 5.43. The van der Waals surface area contributed by atoms with Crippen LogP contribution in [0.5, 0.6) is 11.5 Å². The van der Waals surface area contributed by atoms with Crippen molar-refractivity contribution in [2.75, 3.05) is 26.4 Å². The van der Waals surface area contributed by atoms with E-state index in [2.05, 4.69) is 29.7 Å². The zero-order valence-electron chi connectivity index (χ0n) is 11.4. The van der Waals surface area contributed by atoms with Crippen molar-refractivity contribution in [2.45, 2.75) is 25.8 Å². The highest BCUT2D eigenvalue weighted by Gasteiger charge is 2.17. The summed E-state index contributed by atoms with van der Waals surface area (Å²) in [4.78, 5) is 0. The Labute approximate surface area is 114 Å². The molecule has 4 heteroatoms. The molecule has 1 fully saturated rings. The van der Waals surface area contributed by atoms with Gasteiger partial charge in [0.25, 0.3) is 0 Å². The van der Waals surface area contributed by atoms with Crippen LogP contribution in [-0.4, -0.2) is 26.4 Å². The number of rotatable bonds is 4. The summed E-state index contributed by atoms with van der Waals surface area (Å²) in [5, 5.41) is 7.04. The zero-order valence-corrected chi connectivity index (χ0v) is 11.4. The zero-order chi connectivity index (χ0) is 13.1. The smallest absolute Gasteiger partial charge is 0.231 e. The summed E-state index contributed by atoms with van der Waals surface area (Å²) in [7, 11) is 0. The van der Waals surface area contributed by atoms with Crippen LogP contribution in [-0.2, 0) is 0 Å². The predicted octanol–water partition coefficient (Wildman–Crippen LogP) is 2.07. The van der Waals surface area contributed by atoms with Crippen LogP contribution >= 0.6 is 0 Å². The summed E-state index contributed by atoms with van der Waals surface area (Å²) in [6.07, 6.45) is 2.56. The molecule has 0 amide bonds. The predicted molar refractivity (Wildman–Crippen MR) is 74.6 cm³/mol. The van der Waals surface area contributed by atoms with E-state index in [-0.39, 0.29) is 0 Å². The Morgan fingerprint density at radius 2 is 2.05 bits per heavy atom. The summed E-state index contributed by atoms with van der Waals surface area (Å²) in [6, 6.07) is 6.56. The molecule has 104 valence electrons. The van der Waals surface area contributed by atoms with Crippen LogP contribution in [0.3, 0.4) is 0 Å². The Balaban J connectivity index is 1.56. The first-order valence-corrected chi connectivity index (χ1v) is 7.16. The highest BCUT2D eigenvalue weighted by Crippen LogP contribution is 2.34. The van der Waals surface area contributed by atoms with Crippen LogP contribution in [0.1, 0.15) is 31.4 Å². The van der Waals surface area contributed by atoms with Gasteiger partial charge in [-0.15, -0.1) is 0 Å². The highest BCUT2D eigenvalue weighted by atomic mass is 16.7. The number of ether oxygens (including phenoxy) is 2. The molecule has 2 aliphatic heterocycles. The van der Waals surface area contributed by atoms with Crippen LogP contribution in [0.15, 0.2) is 18.2 Å². The molecule has 0 aliphatic carbocycles. The second-order valence-corrected chi connectivity index (χ2v) is 5.44. The van der Waals surface area contributed by atoms with Crippen LogP contribution in [0, 0.1) is 5.92 Å². The topological polar surface area (TPSA) is 42.5 Å². The van der Waals surface area contributed by atoms with Gasteiger partial charge in [-0.2, -0.15) is 0 Å². The van der Waals surface area contributed by atoms with Crippen molar-refractivity contribution in [3.8, 4) is 11.5 Å². The minimum absolute atomic E-state index is 0.343. The van der Waals surface area contributed by atoms with Crippen molar-refractivity contribution in [1.29, 1.82) is 0 Å². The molecule has 4 nitrogen and oxygen atoms in total. The molecule has 1 saturated heterocycles. The molecule has 1 aromatic rings. The van der Waals surface area contributed by atoms with Crippen molar-refractivity contribution in [3.05, 3.63) is 23.8 Å². The molecule has 2 heterocycles. The van der Waals surface area contributed by atoms with Gasteiger partial charge in [0.05, 0.1) is 0 Å². The third-order valence-electron chi connectivity index (χ3n) is 4.07. The van der Waals surface area contributed by atoms with Gasteiger partial charge in [-0.05, 0) is 63.0 Å². The standard InChI is InChI=1S/C15H22N2O2/c1-11(17-9-12-4-6-16-7-5-12)13-2-3-14-15(8-13)19-10-18-14/h2-3,8,11-12,16-17H,4-7,9-10H2,1H3. The Hall–Kier alpha value is -1.26. The normalized spacial score (nSPS) is 20.5. The SMILES string of the molecule is CC(NCC1CCNCC1)c1ccc2c(c1)OCO2. The van der Waals surface area contributed by atoms with Gasteiger partial charge in [-0.3, -0.25) is 0 Å². The Morgan fingerprint density at radius 1 is 1.26 bits per heavy atom. The number of fused-ring (bicyclic) bond motifs is 1. The Bertz CT molecular complexity index is 430. The third kappa shape index (κ3) is 3.01. The lowest BCUT2D eigenvalue weighted by Gasteiger charge is -2.25. The number of nitrogens with one attached hydrogen (secondary N) is 2. The molecule has 3 rings (SSSR count). The lowest BCUT2D eigenvalue weighted by molar-refractivity contribution is 0.174. The number of hydrogen-bond donors (Lipinski definition) is 2. The molecule has 0 radical (unpaired) electrons. The molecular formula is C15H22N2O2. The van der Waals surface area contributed by atoms with Crippen molar-refractivity contribution in [1.82, 2.24) is 10.6 Å². The van der Waals surface area contributed by atoms with E-state index < -0.39 is 0 Å². The first kappa shape index (κ1) is 12.8. The molecule has 19 heavy (non-hydrogen) atoms. The molecule has 0 bridgehead atoms. The molecule has 0 aromatic heterocycles. The van der Waals surface area contributed by atoms with Crippen LogP contribution in [0.2, 0.25) is 0 Å². The van der Waals surface area contributed by atoms with Gasteiger partial charge in [-0.25, -0.2) is 0 Å². The first-order valence-electron chi connectivity index (χ1n) is 7.16. The quantitative estimate of drug-likeness (QED) is 0.871. The lowest BCUT2D eigenvalue weighted by atomic mass is 9.97. The summed E-state index contributed by atoms with van der Waals surface area (Å²) in [5.41, 5.74) is 1.26. The van der Waals surface area contributed by atoms with Crippen molar-refractivity contribution < 1.29 is 9.47 Å². The van der Waals surface area contributed by atoms with Gasteiger partial charge in [-0.1, -0.05) is 6.07 Å².